The van der Waals surface area contributed by atoms with Crippen molar-refractivity contribution < 1.29 is 4.74 Å². The highest BCUT2D eigenvalue weighted by Crippen LogP contribution is 2.25. The van der Waals surface area contributed by atoms with Gasteiger partial charge in [-0.3, -0.25) is 4.68 Å². The van der Waals surface area contributed by atoms with Crippen molar-refractivity contribution in [2.45, 2.75) is 19.9 Å². The standard InChI is InChI=1S/C15H20ClN3O/c1-3-17-11-12-4-5-15(14(16)10-12)20-9-7-13-6-8-18-19(13)2/h4-6,8,10,17H,3,7,9,11H2,1-2H3. The lowest BCUT2D eigenvalue weighted by atomic mass is 10.2. The molecule has 0 bridgehead atoms. The molecule has 0 fully saturated rings. The fourth-order valence-electron chi connectivity index (χ4n) is 1.95. The van der Waals surface area contributed by atoms with E-state index in [1.54, 1.807) is 6.20 Å². The van der Waals surface area contributed by atoms with Crippen LogP contribution in [0.1, 0.15) is 18.2 Å². The molecule has 2 aromatic rings. The first-order valence-corrected chi connectivity index (χ1v) is 7.17. The van der Waals surface area contributed by atoms with Gasteiger partial charge in [0.15, 0.2) is 0 Å². The predicted molar refractivity (Wildman–Crippen MR) is 81.2 cm³/mol. The molecule has 0 radical (unpaired) electrons. The van der Waals surface area contributed by atoms with Gasteiger partial charge >= 0.3 is 0 Å². The van der Waals surface area contributed by atoms with Crippen molar-refractivity contribution in [1.82, 2.24) is 15.1 Å². The molecule has 5 heteroatoms. The predicted octanol–water partition coefficient (Wildman–Crippen LogP) is 2.80. The molecule has 1 N–H and O–H groups in total. The molecule has 1 heterocycles. The van der Waals surface area contributed by atoms with Crippen molar-refractivity contribution in [3.63, 3.8) is 0 Å². The van der Waals surface area contributed by atoms with E-state index in [1.165, 1.54) is 0 Å². The fourth-order valence-corrected chi connectivity index (χ4v) is 2.21. The number of nitrogens with one attached hydrogen (secondary N) is 1. The van der Waals surface area contributed by atoms with Crippen LogP contribution in [0.2, 0.25) is 5.02 Å². The average Bonchev–Trinajstić information content (AvgIpc) is 2.84. The number of hydrogen-bond donors (Lipinski definition) is 1. The summed E-state index contributed by atoms with van der Waals surface area (Å²) in [7, 11) is 1.93. The van der Waals surface area contributed by atoms with Crippen LogP contribution in [0.5, 0.6) is 5.75 Å². The zero-order chi connectivity index (χ0) is 14.4. The van der Waals surface area contributed by atoms with E-state index >= 15 is 0 Å². The summed E-state index contributed by atoms with van der Waals surface area (Å²) >= 11 is 6.23. The second-order valence-electron chi connectivity index (χ2n) is 4.59. The fraction of sp³-hybridized carbons (Fsp3) is 0.400. The Bertz CT molecular complexity index is 554. The van der Waals surface area contributed by atoms with E-state index < -0.39 is 0 Å². The smallest absolute Gasteiger partial charge is 0.137 e. The van der Waals surface area contributed by atoms with E-state index in [9.17, 15) is 0 Å². The van der Waals surface area contributed by atoms with Gasteiger partial charge in [-0.1, -0.05) is 24.6 Å². The van der Waals surface area contributed by atoms with Gasteiger partial charge in [-0.15, -0.1) is 0 Å². The first-order chi connectivity index (χ1) is 9.70. The number of nitrogens with zero attached hydrogens (tertiary/aromatic N) is 2. The first-order valence-electron chi connectivity index (χ1n) is 6.79. The Kier molecular flexibility index (Phi) is 5.44. The number of rotatable bonds is 7. The van der Waals surface area contributed by atoms with Crippen LogP contribution >= 0.6 is 11.6 Å². The topological polar surface area (TPSA) is 39.1 Å². The summed E-state index contributed by atoms with van der Waals surface area (Å²) < 4.78 is 7.58. The highest BCUT2D eigenvalue weighted by atomic mass is 35.5. The van der Waals surface area contributed by atoms with Gasteiger partial charge in [0.25, 0.3) is 0 Å². The van der Waals surface area contributed by atoms with Gasteiger partial charge in [0.1, 0.15) is 5.75 Å². The van der Waals surface area contributed by atoms with Crippen molar-refractivity contribution >= 4 is 11.6 Å². The Morgan fingerprint density at radius 2 is 2.20 bits per heavy atom. The second kappa shape index (κ2) is 7.31. The van der Waals surface area contributed by atoms with Crippen LogP contribution in [0, 0.1) is 0 Å². The lowest BCUT2D eigenvalue weighted by Gasteiger charge is -2.10. The van der Waals surface area contributed by atoms with Crippen molar-refractivity contribution in [2.75, 3.05) is 13.2 Å². The molecule has 0 atom stereocenters. The molecule has 2 rings (SSSR count). The second-order valence-corrected chi connectivity index (χ2v) is 5.00. The molecule has 108 valence electrons. The molecule has 1 aromatic carbocycles. The molecule has 0 aliphatic heterocycles. The first kappa shape index (κ1) is 14.9. The summed E-state index contributed by atoms with van der Waals surface area (Å²) in [6, 6.07) is 7.90. The van der Waals surface area contributed by atoms with Crippen molar-refractivity contribution in [3.8, 4) is 5.75 Å². The van der Waals surface area contributed by atoms with Gasteiger partial charge in [0, 0.05) is 31.9 Å². The third kappa shape index (κ3) is 3.99. The van der Waals surface area contributed by atoms with Crippen LogP contribution in [0.25, 0.3) is 0 Å². The maximum atomic E-state index is 6.23. The van der Waals surface area contributed by atoms with Crippen molar-refractivity contribution in [1.29, 1.82) is 0 Å². The third-order valence-corrected chi connectivity index (χ3v) is 3.41. The maximum Gasteiger partial charge on any atom is 0.137 e. The SMILES string of the molecule is CCNCc1ccc(OCCc2ccnn2C)c(Cl)c1. The van der Waals surface area contributed by atoms with Gasteiger partial charge in [0.05, 0.1) is 11.6 Å². The monoisotopic (exact) mass is 293 g/mol. The maximum absolute atomic E-state index is 6.23. The number of aromatic nitrogens is 2. The quantitative estimate of drug-likeness (QED) is 0.853. The van der Waals surface area contributed by atoms with Gasteiger partial charge in [0.2, 0.25) is 0 Å². The highest BCUT2D eigenvalue weighted by molar-refractivity contribution is 6.32. The van der Waals surface area contributed by atoms with Gasteiger partial charge in [-0.25, -0.2) is 0 Å². The van der Waals surface area contributed by atoms with Gasteiger partial charge in [-0.05, 0) is 30.3 Å². The molecule has 0 saturated carbocycles. The average molecular weight is 294 g/mol. The van der Waals surface area contributed by atoms with Gasteiger partial charge in [-0.2, -0.15) is 5.10 Å². The summed E-state index contributed by atoms with van der Waals surface area (Å²) in [5.74, 6) is 0.731. The summed E-state index contributed by atoms with van der Waals surface area (Å²) in [5.41, 5.74) is 2.31. The zero-order valence-corrected chi connectivity index (χ0v) is 12.7. The number of ether oxygens (including phenoxy) is 1. The van der Waals surface area contributed by atoms with Crippen molar-refractivity contribution in [2.24, 2.45) is 7.05 Å². The van der Waals surface area contributed by atoms with E-state index in [4.69, 9.17) is 16.3 Å². The number of benzene rings is 1. The Balaban J connectivity index is 1.88. The molecular formula is C15H20ClN3O. The third-order valence-electron chi connectivity index (χ3n) is 3.11. The summed E-state index contributed by atoms with van der Waals surface area (Å²) in [6.07, 6.45) is 2.60. The molecule has 0 aliphatic carbocycles. The van der Waals surface area contributed by atoms with Crippen LogP contribution in [0.3, 0.4) is 0 Å². The largest absolute Gasteiger partial charge is 0.492 e. The van der Waals surface area contributed by atoms with E-state index in [2.05, 4.69) is 17.3 Å². The minimum absolute atomic E-state index is 0.589. The molecule has 0 unspecified atom stereocenters. The molecule has 1 aromatic heterocycles. The molecular weight excluding hydrogens is 274 g/mol. The number of halogens is 1. The van der Waals surface area contributed by atoms with E-state index in [-0.39, 0.29) is 0 Å². The Morgan fingerprint density at radius 3 is 2.85 bits per heavy atom. The highest BCUT2D eigenvalue weighted by Gasteiger charge is 2.04. The van der Waals surface area contributed by atoms with Crippen LogP contribution in [0.4, 0.5) is 0 Å². The Labute approximate surface area is 124 Å². The zero-order valence-electron chi connectivity index (χ0n) is 11.9. The van der Waals surface area contributed by atoms with Crippen LogP contribution in [-0.4, -0.2) is 22.9 Å². The van der Waals surface area contributed by atoms with Gasteiger partial charge < -0.3 is 10.1 Å². The Morgan fingerprint density at radius 1 is 1.35 bits per heavy atom. The molecule has 0 spiro atoms. The van der Waals surface area contributed by atoms with Crippen molar-refractivity contribution in [3.05, 3.63) is 46.7 Å². The lowest BCUT2D eigenvalue weighted by molar-refractivity contribution is 0.318. The molecule has 0 amide bonds. The van der Waals surface area contributed by atoms with E-state index in [0.717, 1.165) is 36.5 Å². The molecule has 0 saturated heterocycles. The Hall–Kier alpha value is -1.52. The normalized spacial score (nSPS) is 10.8. The van der Waals surface area contributed by atoms with E-state index in [1.807, 2.05) is 36.0 Å². The summed E-state index contributed by atoms with van der Waals surface area (Å²) in [6.45, 7) is 4.44. The minimum Gasteiger partial charge on any atom is -0.492 e. The molecule has 4 nitrogen and oxygen atoms in total. The van der Waals surface area contributed by atoms with Crippen LogP contribution < -0.4 is 10.1 Å². The van der Waals surface area contributed by atoms with E-state index in [0.29, 0.717) is 11.6 Å². The summed E-state index contributed by atoms with van der Waals surface area (Å²) in [5, 5.41) is 8.06. The summed E-state index contributed by atoms with van der Waals surface area (Å²) in [4.78, 5) is 0. The number of aryl methyl sites for hydroxylation is 1. The van der Waals surface area contributed by atoms with Crippen LogP contribution in [-0.2, 0) is 20.0 Å². The lowest BCUT2D eigenvalue weighted by Crippen LogP contribution is -2.11. The minimum atomic E-state index is 0.589. The molecule has 0 aliphatic rings. The van der Waals surface area contributed by atoms with Crippen LogP contribution in [0.15, 0.2) is 30.5 Å². The number of hydrogen-bond acceptors (Lipinski definition) is 3. The molecule has 20 heavy (non-hydrogen) atoms.